The second-order valence-electron chi connectivity index (χ2n) is 7.82. The summed E-state index contributed by atoms with van der Waals surface area (Å²) in [6.45, 7) is 0. The van der Waals surface area contributed by atoms with Crippen molar-refractivity contribution in [1.82, 2.24) is 15.6 Å². The fourth-order valence-electron chi connectivity index (χ4n) is 3.85. The van der Waals surface area contributed by atoms with Gasteiger partial charge in [-0.05, 0) is 29.1 Å². The van der Waals surface area contributed by atoms with Crippen molar-refractivity contribution >= 4 is 40.6 Å². The van der Waals surface area contributed by atoms with Crippen LogP contribution >= 0.6 is 23.1 Å². The molecule has 0 saturated carbocycles. The SMILES string of the molecule is COc1ccc(C2CC(c3cccs3)=NN2C(=O)CSC2NC(=O)CC(C(F)(F)F)N2)cc1OC. The first-order valence-corrected chi connectivity index (χ1v) is 12.5. The van der Waals surface area contributed by atoms with Gasteiger partial charge in [0.1, 0.15) is 11.5 Å². The number of amides is 2. The fraction of sp³-hybridized carbons (Fsp3) is 0.409. The summed E-state index contributed by atoms with van der Waals surface area (Å²) in [4.78, 5) is 25.9. The lowest BCUT2D eigenvalue weighted by Gasteiger charge is -2.32. The van der Waals surface area contributed by atoms with Crippen molar-refractivity contribution in [3.63, 3.8) is 0 Å². The van der Waals surface area contributed by atoms with E-state index in [1.807, 2.05) is 23.6 Å². The minimum absolute atomic E-state index is 0.187. The Morgan fingerprint density at radius 2 is 2.00 bits per heavy atom. The molecule has 0 bridgehead atoms. The molecule has 2 aliphatic heterocycles. The van der Waals surface area contributed by atoms with E-state index in [1.165, 1.54) is 30.6 Å². The molecule has 1 aromatic carbocycles. The third-order valence-corrected chi connectivity index (χ3v) is 7.49. The van der Waals surface area contributed by atoms with E-state index in [1.54, 1.807) is 12.1 Å². The summed E-state index contributed by atoms with van der Waals surface area (Å²) in [5, 5.41) is 12.6. The summed E-state index contributed by atoms with van der Waals surface area (Å²) < 4.78 is 50.0. The Morgan fingerprint density at radius 1 is 1.23 bits per heavy atom. The molecule has 13 heteroatoms. The number of hydrazone groups is 1. The first kappa shape index (κ1) is 25.3. The number of ether oxygens (including phenoxy) is 2. The highest BCUT2D eigenvalue weighted by atomic mass is 32.2. The van der Waals surface area contributed by atoms with Gasteiger partial charge in [0.25, 0.3) is 5.91 Å². The third-order valence-electron chi connectivity index (χ3n) is 5.57. The average molecular weight is 529 g/mol. The van der Waals surface area contributed by atoms with Crippen LogP contribution in [0.4, 0.5) is 13.2 Å². The van der Waals surface area contributed by atoms with E-state index in [4.69, 9.17) is 9.47 Å². The maximum atomic E-state index is 13.2. The van der Waals surface area contributed by atoms with E-state index in [0.717, 1.165) is 27.9 Å². The largest absolute Gasteiger partial charge is 0.493 e. The van der Waals surface area contributed by atoms with E-state index >= 15 is 0 Å². The Labute approximate surface area is 207 Å². The standard InChI is InChI=1S/C22H23F3N4O4S2/c1-32-15-6-5-12(8-16(15)33-2)14-9-13(17-4-3-7-34-17)28-29(14)20(31)11-35-21-26-18(22(23,24)25)10-19(30)27-21/h3-8,14,18,21,26H,9-11H2,1-2H3,(H,27,30). The first-order chi connectivity index (χ1) is 16.7. The molecular formula is C22H23F3N4O4S2. The molecule has 3 atom stereocenters. The topological polar surface area (TPSA) is 92.3 Å². The van der Waals surface area contributed by atoms with Crippen LogP contribution in [0, 0.1) is 0 Å². The first-order valence-electron chi connectivity index (χ1n) is 10.6. The summed E-state index contributed by atoms with van der Waals surface area (Å²) >= 11 is 2.38. The Morgan fingerprint density at radius 3 is 2.66 bits per heavy atom. The average Bonchev–Trinajstić information content (AvgIpc) is 3.51. The summed E-state index contributed by atoms with van der Waals surface area (Å²) in [5.41, 5.74) is 0.464. The van der Waals surface area contributed by atoms with Crippen molar-refractivity contribution in [2.24, 2.45) is 5.10 Å². The molecule has 1 aromatic heterocycles. The van der Waals surface area contributed by atoms with Crippen LogP contribution < -0.4 is 20.1 Å². The maximum Gasteiger partial charge on any atom is 0.404 e. The number of nitrogens with one attached hydrogen (secondary N) is 2. The number of halogens is 3. The van der Waals surface area contributed by atoms with Crippen LogP contribution in [0.3, 0.4) is 0 Å². The third kappa shape index (κ3) is 5.73. The summed E-state index contributed by atoms with van der Waals surface area (Å²) in [7, 11) is 3.04. The van der Waals surface area contributed by atoms with Crippen LogP contribution in [0.15, 0.2) is 40.8 Å². The van der Waals surface area contributed by atoms with Gasteiger partial charge in [0.15, 0.2) is 11.5 Å². The molecule has 3 unspecified atom stereocenters. The maximum absolute atomic E-state index is 13.2. The minimum Gasteiger partial charge on any atom is -0.493 e. The Kier molecular flexibility index (Phi) is 7.57. The number of alkyl halides is 3. The molecule has 0 aliphatic carbocycles. The molecule has 4 rings (SSSR count). The Hall–Kier alpha value is -2.77. The number of hydrogen-bond acceptors (Lipinski definition) is 8. The molecule has 1 saturated heterocycles. The van der Waals surface area contributed by atoms with Crippen LogP contribution in [0.2, 0.25) is 0 Å². The highest BCUT2D eigenvalue weighted by Gasteiger charge is 2.45. The monoisotopic (exact) mass is 528 g/mol. The van der Waals surface area contributed by atoms with Crippen molar-refractivity contribution < 1.29 is 32.2 Å². The number of carbonyl (C=O) groups excluding carboxylic acids is 2. The molecule has 35 heavy (non-hydrogen) atoms. The molecule has 2 aliphatic rings. The van der Waals surface area contributed by atoms with E-state index in [-0.39, 0.29) is 5.75 Å². The van der Waals surface area contributed by atoms with Crippen molar-refractivity contribution in [3.05, 3.63) is 46.2 Å². The number of benzene rings is 1. The quantitative estimate of drug-likeness (QED) is 0.572. The zero-order valence-electron chi connectivity index (χ0n) is 18.8. The van der Waals surface area contributed by atoms with Gasteiger partial charge >= 0.3 is 6.18 Å². The van der Waals surface area contributed by atoms with Crippen LogP contribution in [0.25, 0.3) is 0 Å². The van der Waals surface area contributed by atoms with Gasteiger partial charge in [-0.25, -0.2) is 5.01 Å². The highest BCUT2D eigenvalue weighted by Crippen LogP contribution is 2.38. The highest BCUT2D eigenvalue weighted by molar-refractivity contribution is 8.00. The molecule has 0 spiro atoms. The van der Waals surface area contributed by atoms with Gasteiger partial charge in [0.05, 0.1) is 43.0 Å². The van der Waals surface area contributed by atoms with Crippen LogP contribution in [0.5, 0.6) is 11.5 Å². The van der Waals surface area contributed by atoms with E-state index < -0.39 is 42.0 Å². The number of nitrogens with zero attached hydrogens (tertiary/aromatic N) is 2. The van der Waals surface area contributed by atoms with Gasteiger partial charge in [0.2, 0.25) is 5.91 Å². The van der Waals surface area contributed by atoms with Gasteiger partial charge in [0, 0.05) is 6.42 Å². The second kappa shape index (κ2) is 10.5. The smallest absolute Gasteiger partial charge is 0.404 e. The van der Waals surface area contributed by atoms with E-state index in [0.29, 0.717) is 17.9 Å². The minimum atomic E-state index is -4.56. The lowest BCUT2D eigenvalue weighted by Crippen LogP contribution is -2.59. The summed E-state index contributed by atoms with van der Waals surface area (Å²) in [5.74, 6) is -0.262. The van der Waals surface area contributed by atoms with Crippen LogP contribution in [0.1, 0.15) is 29.3 Å². The van der Waals surface area contributed by atoms with Gasteiger partial charge in [-0.1, -0.05) is 12.1 Å². The summed E-state index contributed by atoms with van der Waals surface area (Å²) in [6.07, 6.45) is -4.80. The molecule has 3 heterocycles. The lowest BCUT2D eigenvalue weighted by molar-refractivity contribution is -0.167. The number of hydrogen-bond donors (Lipinski definition) is 2. The number of methoxy groups -OCH3 is 2. The molecule has 2 amide bonds. The second-order valence-corrected chi connectivity index (χ2v) is 9.86. The molecule has 188 valence electrons. The van der Waals surface area contributed by atoms with Crippen LogP contribution in [-0.2, 0) is 9.59 Å². The number of thiophene rings is 1. The number of thioether (sulfide) groups is 1. The van der Waals surface area contributed by atoms with Gasteiger partial charge in [-0.3, -0.25) is 14.9 Å². The van der Waals surface area contributed by atoms with Crippen molar-refractivity contribution in [2.75, 3.05) is 20.0 Å². The van der Waals surface area contributed by atoms with Crippen molar-refractivity contribution in [2.45, 2.75) is 36.6 Å². The van der Waals surface area contributed by atoms with Gasteiger partial charge in [-0.2, -0.15) is 18.3 Å². The fourth-order valence-corrected chi connectivity index (χ4v) is 5.48. The summed E-state index contributed by atoms with van der Waals surface area (Å²) in [6, 6.07) is 6.76. The molecule has 1 fully saturated rings. The zero-order valence-corrected chi connectivity index (χ0v) is 20.4. The van der Waals surface area contributed by atoms with E-state index in [2.05, 4.69) is 15.7 Å². The predicted octanol–water partition coefficient (Wildman–Crippen LogP) is 3.50. The lowest BCUT2D eigenvalue weighted by atomic mass is 10.0. The van der Waals surface area contributed by atoms with Crippen LogP contribution in [-0.4, -0.2) is 60.2 Å². The molecule has 0 radical (unpaired) electrons. The van der Waals surface area contributed by atoms with E-state index in [9.17, 15) is 22.8 Å². The normalized spacial score (nSPS) is 22.5. The van der Waals surface area contributed by atoms with Gasteiger partial charge in [-0.15, -0.1) is 23.1 Å². The molecule has 2 aromatic rings. The molecule has 8 nitrogen and oxygen atoms in total. The Balaban J connectivity index is 1.52. The van der Waals surface area contributed by atoms with Crippen molar-refractivity contribution in [1.29, 1.82) is 0 Å². The predicted molar refractivity (Wildman–Crippen MR) is 127 cm³/mol. The van der Waals surface area contributed by atoms with Gasteiger partial charge < -0.3 is 14.8 Å². The number of rotatable bonds is 7. The molecular weight excluding hydrogens is 505 g/mol. The molecule has 2 N–H and O–H groups in total. The van der Waals surface area contributed by atoms with Crippen molar-refractivity contribution in [3.8, 4) is 11.5 Å². The zero-order chi connectivity index (χ0) is 25.2. The number of carbonyl (C=O) groups is 2. The Bertz CT molecular complexity index is 1110.